The molecule has 148 valence electrons. The molecule has 2 aromatic rings. The van der Waals surface area contributed by atoms with Gasteiger partial charge in [0.15, 0.2) is 0 Å². The first-order valence-electron chi connectivity index (χ1n) is 8.81. The summed E-state index contributed by atoms with van der Waals surface area (Å²) in [7, 11) is 3.11. The summed E-state index contributed by atoms with van der Waals surface area (Å²) in [6, 6.07) is 12.3. The van der Waals surface area contributed by atoms with E-state index in [1.807, 2.05) is 12.1 Å². The Balaban J connectivity index is 1.61. The summed E-state index contributed by atoms with van der Waals surface area (Å²) in [5, 5.41) is 3.47. The van der Waals surface area contributed by atoms with Crippen LogP contribution in [0.4, 0.5) is 10.5 Å². The third kappa shape index (κ3) is 4.48. The van der Waals surface area contributed by atoms with E-state index in [4.69, 9.17) is 21.1 Å². The van der Waals surface area contributed by atoms with E-state index in [-0.39, 0.29) is 18.5 Å². The summed E-state index contributed by atoms with van der Waals surface area (Å²) < 4.78 is 10.6. The number of methoxy groups -OCH3 is 2. The highest BCUT2D eigenvalue weighted by molar-refractivity contribution is 6.30. The first-order valence-corrected chi connectivity index (χ1v) is 9.19. The number of nitrogens with one attached hydrogen (secondary N) is 1. The van der Waals surface area contributed by atoms with E-state index in [1.165, 1.54) is 4.90 Å². The number of nitrogens with zero attached hydrogens (tertiary/aromatic N) is 2. The number of carbonyl (C=O) groups excluding carboxylic acids is 2. The fourth-order valence-electron chi connectivity index (χ4n) is 2.99. The molecule has 3 amide bonds. The summed E-state index contributed by atoms with van der Waals surface area (Å²) in [6.07, 6.45) is 0. The second-order valence-corrected chi connectivity index (χ2v) is 6.73. The maximum absolute atomic E-state index is 12.8. The highest BCUT2D eigenvalue weighted by Crippen LogP contribution is 2.34. The smallest absolute Gasteiger partial charge is 0.325 e. The van der Waals surface area contributed by atoms with Crippen LogP contribution in [-0.2, 0) is 11.3 Å². The van der Waals surface area contributed by atoms with Gasteiger partial charge in [-0.3, -0.25) is 9.69 Å². The van der Waals surface area contributed by atoms with Crippen LogP contribution in [0.5, 0.6) is 11.5 Å². The van der Waals surface area contributed by atoms with E-state index in [9.17, 15) is 9.59 Å². The molecule has 1 fully saturated rings. The molecule has 1 saturated heterocycles. The summed E-state index contributed by atoms with van der Waals surface area (Å²) in [4.78, 5) is 28.1. The zero-order chi connectivity index (χ0) is 20.1. The van der Waals surface area contributed by atoms with E-state index >= 15 is 0 Å². The van der Waals surface area contributed by atoms with Crippen LogP contribution >= 0.6 is 11.6 Å². The van der Waals surface area contributed by atoms with Gasteiger partial charge in [-0.05, 0) is 29.8 Å². The second-order valence-electron chi connectivity index (χ2n) is 6.30. The van der Waals surface area contributed by atoms with Gasteiger partial charge in [0.05, 0.1) is 19.9 Å². The first-order chi connectivity index (χ1) is 13.5. The molecule has 28 heavy (non-hydrogen) atoms. The summed E-state index contributed by atoms with van der Waals surface area (Å²) in [5.41, 5.74) is 1.56. The van der Waals surface area contributed by atoms with Gasteiger partial charge in [-0.25, -0.2) is 4.79 Å². The highest BCUT2D eigenvalue weighted by Gasteiger charge is 2.32. The Morgan fingerprint density at radius 2 is 1.86 bits per heavy atom. The van der Waals surface area contributed by atoms with Crippen molar-refractivity contribution >= 4 is 29.2 Å². The SMILES string of the molecule is COc1ccc(OC)c(N2CCN(CC(=O)NCc3ccc(Cl)cc3)C2=O)c1. The predicted molar refractivity (Wildman–Crippen MR) is 107 cm³/mol. The molecule has 0 aliphatic carbocycles. The van der Waals surface area contributed by atoms with Gasteiger partial charge in [-0.1, -0.05) is 23.7 Å². The third-order valence-electron chi connectivity index (χ3n) is 4.51. The average Bonchev–Trinajstić information content (AvgIpc) is 3.07. The molecule has 2 aromatic carbocycles. The maximum Gasteiger partial charge on any atom is 0.325 e. The van der Waals surface area contributed by atoms with Crippen molar-refractivity contribution in [2.45, 2.75) is 6.54 Å². The van der Waals surface area contributed by atoms with Crippen molar-refractivity contribution in [3.8, 4) is 11.5 Å². The minimum atomic E-state index is -0.242. The largest absolute Gasteiger partial charge is 0.497 e. The van der Waals surface area contributed by atoms with Gasteiger partial charge in [0.25, 0.3) is 0 Å². The predicted octanol–water partition coefficient (Wildman–Crippen LogP) is 2.92. The Morgan fingerprint density at radius 3 is 2.54 bits per heavy atom. The summed E-state index contributed by atoms with van der Waals surface area (Å²) >= 11 is 5.86. The topological polar surface area (TPSA) is 71.1 Å². The molecule has 0 atom stereocenters. The molecule has 0 saturated carbocycles. The molecular weight excluding hydrogens is 382 g/mol. The van der Waals surface area contributed by atoms with Crippen molar-refractivity contribution in [3.63, 3.8) is 0 Å². The van der Waals surface area contributed by atoms with Crippen LogP contribution in [-0.4, -0.2) is 50.7 Å². The van der Waals surface area contributed by atoms with E-state index in [0.29, 0.717) is 41.8 Å². The molecule has 0 radical (unpaired) electrons. The quantitative estimate of drug-likeness (QED) is 0.771. The lowest BCUT2D eigenvalue weighted by atomic mass is 10.2. The van der Waals surface area contributed by atoms with Gasteiger partial charge >= 0.3 is 6.03 Å². The Bertz CT molecular complexity index is 857. The Morgan fingerprint density at radius 1 is 1.11 bits per heavy atom. The van der Waals surface area contributed by atoms with Gasteiger partial charge in [-0.15, -0.1) is 0 Å². The Hall–Kier alpha value is -2.93. The first kappa shape index (κ1) is 19.8. The maximum atomic E-state index is 12.8. The Labute approximate surface area is 168 Å². The van der Waals surface area contributed by atoms with Crippen LogP contribution in [0.15, 0.2) is 42.5 Å². The van der Waals surface area contributed by atoms with Crippen molar-refractivity contribution in [2.24, 2.45) is 0 Å². The highest BCUT2D eigenvalue weighted by atomic mass is 35.5. The lowest BCUT2D eigenvalue weighted by Gasteiger charge is -2.21. The van der Waals surface area contributed by atoms with Crippen LogP contribution in [0, 0.1) is 0 Å². The average molecular weight is 404 g/mol. The minimum Gasteiger partial charge on any atom is -0.497 e. The number of anilines is 1. The molecule has 0 unspecified atom stereocenters. The molecule has 1 N–H and O–H groups in total. The van der Waals surface area contributed by atoms with E-state index in [0.717, 1.165) is 5.56 Å². The molecular formula is C20H22ClN3O4. The molecule has 1 heterocycles. The van der Waals surface area contributed by atoms with E-state index in [2.05, 4.69) is 5.32 Å². The van der Waals surface area contributed by atoms with Crippen molar-refractivity contribution in [2.75, 3.05) is 38.8 Å². The number of benzene rings is 2. The lowest BCUT2D eigenvalue weighted by Crippen LogP contribution is -2.39. The monoisotopic (exact) mass is 403 g/mol. The van der Waals surface area contributed by atoms with Crippen molar-refractivity contribution in [1.29, 1.82) is 0 Å². The molecule has 0 spiro atoms. The zero-order valence-electron chi connectivity index (χ0n) is 15.8. The fourth-order valence-corrected chi connectivity index (χ4v) is 3.12. The van der Waals surface area contributed by atoms with Gasteiger partial charge in [-0.2, -0.15) is 0 Å². The van der Waals surface area contributed by atoms with Crippen LogP contribution in [0.3, 0.4) is 0 Å². The molecule has 0 aromatic heterocycles. The third-order valence-corrected chi connectivity index (χ3v) is 4.76. The Kier molecular flexibility index (Phi) is 6.26. The van der Waals surface area contributed by atoms with E-state index < -0.39 is 0 Å². The van der Waals surface area contributed by atoms with Crippen LogP contribution in [0.1, 0.15) is 5.56 Å². The van der Waals surface area contributed by atoms with Crippen molar-refractivity contribution < 1.29 is 19.1 Å². The van der Waals surface area contributed by atoms with Crippen molar-refractivity contribution in [1.82, 2.24) is 10.2 Å². The number of amides is 3. The van der Waals surface area contributed by atoms with Gasteiger partial charge in [0.2, 0.25) is 5.91 Å². The van der Waals surface area contributed by atoms with Crippen molar-refractivity contribution in [3.05, 3.63) is 53.1 Å². The number of ether oxygens (including phenoxy) is 2. The number of halogens is 1. The van der Waals surface area contributed by atoms with Gasteiger partial charge in [0, 0.05) is 30.7 Å². The number of hydrogen-bond acceptors (Lipinski definition) is 4. The number of carbonyl (C=O) groups is 2. The van der Waals surface area contributed by atoms with Crippen LogP contribution in [0.25, 0.3) is 0 Å². The molecule has 7 nitrogen and oxygen atoms in total. The fraction of sp³-hybridized carbons (Fsp3) is 0.300. The van der Waals surface area contributed by atoms with Gasteiger partial charge < -0.3 is 19.7 Å². The standard InChI is InChI=1S/C20H22ClN3O4/c1-27-16-7-8-18(28-2)17(11-16)24-10-9-23(20(24)26)13-19(25)22-12-14-3-5-15(21)6-4-14/h3-8,11H,9-10,12-13H2,1-2H3,(H,22,25). The molecule has 8 heteroatoms. The summed E-state index contributed by atoms with van der Waals surface area (Å²) in [5.74, 6) is 0.980. The minimum absolute atomic E-state index is 0.00475. The normalized spacial score (nSPS) is 13.6. The second kappa shape index (κ2) is 8.84. The number of rotatable bonds is 7. The molecule has 0 bridgehead atoms. The van der Waals surface area contributed by atoms with E-state index in [1.54, 1.807) is 49.5 Å². The zero-order valence-corrected chi connectivity index (χ0v) is 16.5. The number of urea groups is 1. The van der Waals surface area contributed by atoms with Crippen LogP contribution in [0.2, 0.25) is 5.02 Å². The molecule has 3 rings (SSSR count). The molecule has 1 aliphatic rings. The molecule has 1 aliphatic heterocycles. The summed E-state index contributed by atoms with van der Waals surface area (Å²) in [6.45, 7) is 1.29. The lowest BCUT2D eigenvalue weighted by molar-refractivity contribution is -0.121. The van der Waals surface area contributed by atoms with Gasteiger partial charge in [0.1, 0.15) is 18.0 Å². The van der Waals surface area contributed by atoms with Crippen LogP contribution < -0.4 is 19.7 Å². The number of hydrogen-bond donors (Lipinski definition) is 1.